The van der Waals surface area contributed by atoms with E-state index < -0.39 is 0 Å². The first-order chi connectivity index (χ1) is 9.06. The smallest absolute Gasteiger partial charge is 0.236 e. The molecule has 0 bridgehead atoms. The lowest BCUT2D eigenvalue weighted by atomic mass is 10.3. The second-order valence-corrected chi connectivity index (χ2v) is 5.14. The topological polar surface area (TPSA) is 52.6 Å². The first-order valence-corrected chi connectivity index (χ1v) is 6.54. The molecule has 0 N–H and O–H groups in total. The molecule has 1 aromatic rings. The first kappa shape index (κ1) is 13.7. The fraction of sp³-hybridized carbons (Fsp3) is 0.615. The third-order valence-corrected chi connectivity index (χ3v) is 3.19. The zero-order valence-corrected chi connectivity index (χ0v) is 11.8. The molecule has 0 atom stereocenters. The molecule has 2 rings (SSSR count). The molecule has 1 saturated heterocycles. The zero-order chi connectivity index (χ0) is 13.8. The maximum atomic E-state index is 11.9. The lowest BCUT2D eigenvalue weighted by Gasteiger charge is -2.35. The fourth-order valence-corrected chi connectivity index (χ4v) is 2.12. The number of rotatable bonds is 3. The molecule has 1 fully saturated rings. The number of hydrogen-bond acceptors (Lipinski definition) is 5. The summed E-state index contributed by atoms with van der Waals surface area (Å²) in [7, 11) is 3.83. The molecule has 1 aliphatic heterocycles. The van der Waals surface area contributed by atoms with Crippen LogP contribution in [0.4, 0.5) is 5.82 Å². The van der Waals surface area contributed by atoms with Gasteiger partial charge in [-0.25, -0.2) is 0 Å². The summed E-state index contributed by atoms with van der Waals surface area (Å²) in [6.45, 7) is 5.54. The summed E-state index contributed by atoms with van der Waals surface area (Å²) >= 11 is 0. The summed E-state index contributed by atoms with van der Waals surface area (Å²) < 4.78 is 0. The van der Waals surface area contributed by atoms with E-state index in [1.165, 1.54) is 0 Å². The highest BCUT2D eigenvalue weighted by atomic mass is 16.2. The Labute approximate surface area is 114 Å². The van der Waals surface area contributed by atoms with Gasteiger partial charge < -0.3 is 14.7 Å². The molecule has 6 nitrogen and oxygen atoms in total. The minimum atomic E-state index is 0.194. The summed E-state index contributed by atoms with van der Waals surface area (Å²) in [4.78, 5) is 17.9. The average Bonchev–Trinajstić information content (AvgIpc) is 2.39. The van der Waals surface area contributed by atoms with E-state index in [0.29, 0.717) is 6.54 Å². The fourth-order valence-electron chi connectivity index (χ4n) is 2.12. The molecule has 19 heavy (non-hydrogen) atoms. The van der Waals surface area contributed by atoms with Gasteiger partial charge in [0.2, 0.25) is 5.91 Å². The van der Waals surface area contributed by atoms with Gasteiger partial charge in [-0.15, -0.1) is 5.10 Å². The number of amides is 1. The summed E-state index contributed by atoms with van der Waals surface area (Å²) in [6.07, 6.45) is 0. The van der Waals surface area contributed by atoms with Crippen molar-refractivity contribution in [2.45, 2.75) is 6.92 Å². The Bertz CT molecular complexity index is 423. The van der Waals surface area contributed by atoms with Gasteiger partial charge in [0.25, 0.3) is 0 Å². The van der Waals surface area contributed by atoms with Gasteiger partial charge in [-0.05, 0) is 33.2 Å². The van der Waals surface area contributed by atoms with Crippen molar-refractivity contribution in [3.8, 4) is 0 Å². The predicted molar refractivity (Wildman–Crippen MR) is 74.1 cm³/mol. The van der Waals surface area contributed by atoms with Crippen molar-refractivity contribution in [2.24, 2.45) is 0 Å². The molecule has 1 amide bonds. The van der Waals surface area contributed by atoms with Gasteiger partial charge in [-0.3, -0.25) is 4.79 Å². The molecule has 1 aromatic heterocycles. The standard InChI is InChI=1S/C13H21N5O/c1-11-4-5-12(15-14-11)17-6-8-18(9-7-17)13(19)10-16(2)3/h4-5H,6-10H2,1-3H3. The van der Waals surface area contributed by atoms with Gasteiger partial charge in [0.05, 0.1) is 12.2 Å². The van der Waals surface area contributed by atoms with Crippen LogP contribution in [-0.2, 0) is 4.79 Å². The Morgan fingerprint density at radius 3 is 2.42 bits per heavy atom. The SMILES string of the molecule is Cc1ccc(N2CCN(C(=O)CN(C)C)CC2)nn1. The molecule has 0 aromatic carbocycles. The average molecular weight is 263 g/mol. The van der Waals surface area contributed by atoms with Gasteiger partial charge in [-0.2, -0.15) is 5.10 Å². The third kappa shape index (κ3) is 3.64. The van der Waals surface area contributed by atoms with Gasteiger partial charge in [0.15, 0.2) is 5.82 Å². The number of aromatic nitrogens is 2. The number of carbonyl (C=O) groups is 1. The molecule has 0 aliphatic carbocycles. The molecular weight excluding hydrogens is 242 g/mol. The van der Waals surface area contributed by atoms with Crippen LogP contribution >= 0.6 is 0 Å². The van der Waals surface area contributed by atoms with Crippen molar-refractivity contribution in [1.29, 1.82) is 0 Å². The summed E-state index contributed by atoms with van der Waals surface area (Å²) in [5, 5.41) is 8.25. The molecule has 0 unspecified atom stereocenters. The Balaban J connectivity index is 1.88. The van der Waals surface area contributed by atoms with E-state index in [-0.39, 0.29) is 5.91 Å². The van der Waals surface area contributed by atoms with Gasteiger partial charge in [0.1, 0.15) is 0 Å². The maximum Gasteiger partial charge on any atom is 0.236 e. The predicted octanol–water partition coefficient (Wildman–Crippen LogP) is -0.00478. The van der Waals surface area contributed by atoms with Crippen molar-refractivity contribution in [2.75, 3.05) is 51.7 Å². The highest BCUT2D eigenvalue weighted by Gasteiger charge is 2.22. The number of likely N-dealkylation sites (N-methyl/N-ethyl adjacent to an activating group) is 1. The number of carbonyl (C=O) groups excluding carboxylic acids is 1. The van der Waals surface area contributed by atoms with Crippen LogP contribution in [0.25, 0.3) is 0 Å². The van der Waals surface area contributed by atoms with Crippen LogP contribution < -0.4 is 4.90 Å². The summed E-state index contributed by atoms with van der Waals surface area (Å²) in [6, 6.07) is 3.95. The van der Waals surface area contributed by atoms with E-state index in [9.17, 15) is 4.79 Å². The number of nitrogens with zero attached hydrogens (tertiary/aromatic N) is 5. The van der Waals surface area contributed by atoms with Crippen LogP contribution in [0.3, 0.4) is 0 Å². The number of hydrogen-bond donors (Lipinski definition) is 0. The van der Waals surface area contributed by atoms with Crippen molar-refractivity contribution in [3.05, 3.63) is 17.8 Å². The minimum absolute atomic E-state index is 0.194. The molecule has 104 valence electrons. The highest BCUT2D eigenvalue weighted by Crippen LogP contribution is 2.12. The molecule has 6 heteroatoms. The van der Waals surface area contributed by atoms with E-state index in [0.717, 1.165) is 37.7 Å². The first-order valence-electron chi connectivity index (χ1n) is 6.54. The van der Waals surface area contributed by atoms with E-state index in [4.69, 9.17) is 0 Å². The van der Waals surface area contributed by atoms with Crippen molar-refractivity contribution in [3.63, 3.8) is 0 Å². The van der Waals surface area contributed by atoms with Crippen LogP contribution in [-0.4, -0.2) is 72.7 Å². The van der Waals surface area contributed by atoms with Crippen LogP contribution in [0, 0.1) is 6.92 Å². The largest absolute Gasteiger partial charge is 0.352 e. The third-order valence-electron chi connectivity index (χ3n) is 3.19. The molecule has 0 radical (unpaired) electrons. The maximum absolute atomic E-state index is 11.9. The molecule has 2 heterocycles. The Morgan fingerprint density at radius 2 is 1.89 bits per heavy atom. The van der Waals surface area contributed by atoms with E-state index in [2.05, 4.69) is 15.1 Å². The van der Waals surface area contributed by atoms with Crippen LogP contribution in [0.1, 0.15) is 5.69 Å². The van der Waals surface area contributed by atoms with E-state index >= 15 is 0 Å². The minimum Gasteiger partial charge on any atom is -0.352 e. The van der Waals surface area contributed by atoms with Crippen LogP contribution in [0.15, 0.2) is 12.1 Å². The van der Waals surface area contributed by atoms with Crippen molar-refractivity contribution < 1.29 is 4.79 Å². The van der Waals surface area contributed by atoms with Crippen molar-refractivity contribution in [1.82, 2.24) is 20.0 Å². The number of aryl methyl sites for hydroxylation is 1. The second-order valence-electron chi connectivity index (χ2n) is 5.14. The lowest BCUT2D eigenvalue weighted by molar-refractivity contribution is -0.132. The quantitative estimate of drug-likeness (QED) is 0.768. The Morgan fingerprint density at radius 1 is 1.21 bits per heavy atom. The van der Waals surface area contributed by atoms with Gasteiger partial charge >= 0.3 is 0 Å². The van der Waals surface area contributed by atoms with Crippen LogP contribution in [0.5, 0.6) is 0 Å². The van der Waals surface area contributed by atoms with Crippen molar-refractivity contribution >= 4 is 11.7 Å². The number of piperazine rings is 1. The molecule has 0 saturated carbocycles. The van der Waals surface area contributed by atoms with Gasteiger partial charge in [-0.1, -0.05) is 0 Å². The van der Waals surface area contributed by atoms with E-state index in [1.54, 1.807) is 0 Å². The van der Waals surface area contributed by atoms with Crippen LogP contribution in [0.2, 0.25) is 0 Å². The van der Waals surface area contributed by atoms with Gasteiger partial charge in [0, 0.05) is 26.2 Å². The molecule has 0 spiro atoms. The Kier molecular flexibility index (Phi) is 4.31. The second kappa shape index (κ2) is 5.97. The monoisotopic (exact) mass is 263 g/mol. The highest BCUT2D eigenvalue weighted by molar-refractivity contribution is 5.78. The summed E-state index contributed by atoms with van der Waals surface area (Å²) in [5.74, 6) is 1.09. The zero-order valence-electron chi connectivity index (χ0n) is 11.8. The molecular formula is C13H21N5O. The lowest BCUT2D eigenvalue weighted by Crippen LogP contribution is -2.51. The number of anilines is 1. The molecule has 1 aliphatic rings. The normalized spacial score (nSPS) is 16.0. The Hall–Kier alpha value is -1.69. The van der Waals surface area contributed by atoms with E-state index in [1.807, 2.05) is 43.0 Å². The summed E-state index contributed by atoms with van der Waals surface area (Å²) in [5.41, 5.74) is 0.920.